The molecule has 1 N–H and O–H groups in total. The van der Waals surface area contributed by atoms with Crippen LogP contribution < -0.4 is 10.1 Å². The van der Waals surface area contributed by atoms with Crippen LogP contribution in [0.5, 0.6) is 11.6 Å². The molecule has 0 aliphatic carbocycles. The molecule has 1 amide bonds. The maximum absolute atomic E-state index is 13.7. The van der Waals surface area contributed by atoms with Gasteiger partial charge in [0.15, 0.2) is 11.6 Å². The lowest BCUT2D eigenvalue weighted by Gasteiger charge is -2.11. The molecule has 0 atom stereocenters. The number of hydrogen-bond donors (Lipinski definition) is 1. The fourth-order valence-corrected chi connectivity index (χ4v) is 2.00. The van der Waals surface area contributed by atoms with E-state index in [9.17, 15) is 13.6 Å². The van der Waals surface area contributed by atoms with Crippen molar-refractivity contribution in [1.82, 2.24) is 20.3 Å². The molecule has 3 rings (SSSR count). The summed E-state index contributed by atoms with van der Waals surface area (Å²) in [6, 6.07) is 6.28. The van der Waals surface area contributed by atoms with Gasteiger partial charge in [0.2, 0.25) is 5.88 Å². The number of aromatic nitrogens is 3. The van der Waals surface area contributed by atoms with Crippen LogP contribution in [0.15, 0.2) is 55.1 Å². The number of nitrogens with one attached hydrogen (secondary N) is 1. The van der Waals surface area contributed by atoms with Gasteiger partial charge in [0.05, 0.1) is 6.20 Å². The molecule has 3 aromatic rings. The number of pyridine rings is 1. The van der Waals surface area contributed by atoms with Crippen molar-refractivity contribution in [1.29, 1.82) is 0 Å². The van der Waals surface area contributed by atoms with Crippen LogP contribution in [0.1, 0.15) is 16.1 Å². The number of rotatable bonds is 5. The van der Waals surface area contributed by atoms with Crippen LogP contribution in [0.4, 0.5) is 8.78 Å². The van der Waals surface area contributed by atoms with Crippen molar-refractivity contribution >= 4 is 5.91 Å². The predicted octanol–water partition coefficient (Wildman–Crippen LogP) is 2.87. The lowest BCUT2D eigenvalue weighted by molar-refractivity contribution is 0.0945. The van der Waals surface area contributed by atoms with E-state index in [-0.39, 0.29) is 23.9 Å². The number of amides is 1. The van der Waals surface area contributed by atoms with Crippen molar-refractivity contribution in [3.63, 3.8) is 0 Å². The molecule has 0 fully saturated rings. The van der Waals surface area contributed by atoms with Gasteiger partial charge in [0.1, 0.15) is 11.5 Å². The van der Waals surface area contributed by atoms with Crippen molar-refractivity contribution in [2.24, 2.45) is 0 Å². The van der Waals surface area contributed by atoms with E-state index in [0.29, 0.717) is 11.6 Å². The normalized spacial score (nSPS) is 10.3. The third kappa shape index (κ3) is 4.11. The highest BCUT2D eigenvalue weighted by Crippen LogP contribution is 2.26. The SMILES string of the molecule is O=C(NCc1cccnc1Oc1ccc(F)cc1F)c1cnccn1. The van der Waals surface area contributed by atoms with Crippen molar-refractivity contribution in [2.75, 3.05) is 0 Å². The van der Waals surface area contributed by atoms with E-state index in [4.69, 9.17) is 4.74 Å². The van der Waals surface area contributed by atoms with Gasteiger partial charge in [0, 0.05) is 36.8 Å². The fourth-order valence-electron chi connectivity index (χ4n) is 2.00. The number of carbonyl (C=O) groups is 1. The fraction of sp³-hybridized carbons (Fsp3) is 0.0588. The molecule has 0 radical (unpaired) electrons. The van der Waals surface area contributed by atoms with E-state index in [2.05, 4.69) is 20.3 Å². The minimum atomic E-state index is -0.847. The standard InChI is InChI=1S/C17H12F2N4O2/c18-12-3-4-15(13(19)8-12)25-17-11(2-1-5-22-17)9-23-16(24)14-10-20-6-7-21-14/h1-8,10H,9H2,(H,23,24). The molecule has 8 heteroatoms. The first kappa shape index (κ1) is 16.4. The average Bonchev–Trinajstić information content (AvgIpc) is 2.63. The minimum Gasteiger partial charge on any atom is -0.436 e. The molecule has 0 aliphatic heterocycles. The molecule has 2 heterocycles. The minimum absolute atomic E-state index is 0.0847. The largest absolute Gasteiger partial charge is 0.436 e. The maximum atomic E-state index is 13.7. The monoisotopic (exact) mass is 342 g/mol. The molecular formula is C17H12F2N4O2. The summed E-state index contributed by atoms with van der Waals surface area (Å²) in [6.45, 7) is 0.0847. The van der Waals surface area contributed by atoms with Gasteiger partial charge in [-0.05, 0) is 18.2 Å². The number of hydrogen-bond acceptors (Lipinski definition) is 5. The molecule has 126 valence electrons. The number of benzene rings is 1. The second kappa shape index (κ2) is 7.43. The Kier molecular flexibility index (Phi) is 4.89. The Hall–Kier alpha value is -3.42. The Balaban J connectivity index is 1.74. The number of carbonyl (C=O) groups excluding carboxylic acids is 1. The lowest BCUT2D eigenvalue weighted by atomic mass is 10.2. The number of nitrogens with zero attached hydrogens (tertiary/aromatic N) is 3. The van der Waals surface area contributed by atoms with Crippen molar-refractivity contribution in [3.05, 3.63) is 78.0 Å². The molecule has 2 aromatic heterocycles. The molecule has 1 aromatic carbocycles. The summed E-state index contributed by atoms with van der Waals surface area (Å²) in [7, 11) is 0. The third-order valence-electron chi connectivity index (χ3n) is 3.19. The van der Waals surface area contributed by atoms with Crippen molar-refractivity contribution in [2.45, 2.75) is 6.54 Å². The van der Waals surface area contributed by atoms with Gasteiger partial charge in [-0.2, -0.15) is 0 Å². The van der Waals surface area contributed by atoms with Gasteiger partial charge >= 0.3 is 0 Å². The van der Waals surface area contributed by atoms with Crippen LogP contribution in [-0.2, 0) is 6.54 Å². The van der Waals surface area contributed by atoms with E-state index in [1.54, 1.807) is 12.1 Å². The summed E-state index contributed by atoms with van der Waals surface area (Å²) in [4.78, 5) is 23.7. The van der Waals surface area contributed by atoms with Gasteiger partial charge in [-0.1, -0.05) is 6.07 Å². The first-order valence-electron chi connectivity index (χ1n) is 7.24. The van der Waals surface area contributed by atoms with Gasteiger partial charge in [-0.25, -0.2) is 18.7 Å². The zero-order chi connectivity index (χ0) is 17.6. The van der Waals surface area contributed by atoms with E-state index >= 15 is 0 Å². The highest BCUT2D eigenvalue weighted by Gasteiger charge is 2.12. The second-order valence-corrected chi connectivity index (χ2v) is 4.92. The number of ether oxygens (including phenoxy) is 1. The summed E-state index contributed by atoms with van der Waals surface area (Å²) in [5.41, 5.74) is 0.682. The quantitative estimate of drug-likeness (QED) is 0.771. The van der Waals surface area contributed by atoms with Gasteiger partial charge < -0.3 is 10.1 Å². The Bertz CT molecular complexity index is 891. The van der Waals surface area contributed by atoms with Crippen LogP contribution in [0, 0.1) is 11.6 Å². The molecule has 6 nitrogen and oxygen atoms in total. The van der Waals surface area contributed by atoms with Crippen molar-refractivity contribution < 1.29 is 18.3 Å². The Morgan fingerprint density at radius 3 is 2.76 bits per heavy atom. The molecule has 0 unspecified atom stereocenters. The molecule has 0 aliphatic rings. The predicted molar refractivity (Wildman–Crippen MR) is 83.9 cm³/mol. The molecule has 25 heavy (non-hydrogen) atoms. The lowest BCUT2D eigenvalue weighted by Crippen LogP contribution is -2.24. The Morgan fingerprint density at radius 2 is 2.00 bits per heavy atom. The van der Waals surface area contributed by atoms with E-state index in [1.165, 1.54) is 30.9 Å². The summed E-state index contributed by atoms with van der Waals surface area (Å²) >= 11 is 0. The highest BCUT2D eigenvalue weighted by molar-refractivity contribution is 5.91. The summed E-state index contributed by atoms with van der Waals surface area (Å²) in [5, 5.41) is 2.65. The third-order valence-corrected chi connectivity index (χ3v) is 3.19. The van der Waals surface area contributed by atoms with Gasteiger partial charge in [0.25, 0.3) is 5.91 Å². The molecular weight excluding hydrogens is 330 g/mol. The second-order valence-electron chi connectivity index (χ2n) is 4.92. The molecule has 0 spiro atoms. The van der Waals surface area contributed by atoms with Crippen molar-refractivity contribution in [3.8, 4) is 11.6 Å². The maximum Gasteiger partial charge on any atom is 0.271 e. The first-order chi connectivity index (χ1) is 12.1. The Labute approximate surface area is 141 Å². The Morgan fingerprint density at radius 1 is 1.12 bits per heavy atom. The van der Waals surface area contributed by atoms with Crippen LogP contribution >= 0.6 is 0 Å². The zero-order valence-corrected chi connectivity index (χ0v) is 12.8. The van der Waals surface area contributed by atoms with Gasteiger partial charge in [-0.15, -0.1) is 0 Å². The highest BCUT2D eigenvalue weighted by atomic mass is 19.1. The van der Waals surface area contributed by atoms with E-state index in [1.807, 2.05) is 0 Å². The number of halogens is 2. The van der Waals surface area contributed by atoms with Crippen LogP contribution in [0.2, 0.25) is 0 Å². The summed E-state index contributed by atoms with van der Waals surface area (Å²) < 4.78 is 32.1. The topological polar surface area (TPSA) is 77.0 Å². The molecule has 0 bridgehead atoms. The van der Waals surface area contributed by atoms with E-state index in [0.717, 1.165) is 6.07 Å². The molecule has 0 saturated carbocycles. The smallest absolute Gasteiger partial charge is 0.271 e. The summed E-state index contributed by atoms with van der Waals surface area (Å²) in [5.74, 6) is -2.03. The van der Waals surface area contributed by atoms with Gasteiger partial charge in [-0.3, -0.25) is 9.78 Å². The molecule has 0 saturated heterocycles. The van der Waals surface area contributed by atoms with Crippen LogP contribution in [0.3, 0.4) is 0 Å². The summed E-state index contributed by atoms with van der Waals surface area (Å²) in [6.07, 6.45) is 5.67. The average molecular weight is 342 g/mol. The van der Waals surface area contributed by atoms with Crippen LogP contribution in [0.25, 0.3) is 0 Å². The first-order valence-corrected chi connectivity index (χ1v) is 7.24. The van der Waals surface area contributed by atoms with E-state index < -0.39 is 17.5 Å². The van der Waals surface area contributed by atoms with Crippen LogP contribution in [-0.4, -0.2) is 20.9 Å². The zero-order valence-electron chi connectivity index (χ0n) is 12.8.